The molecule has 0 spiro atoms. The quantitative estimate of drug-likeness (QED) is 0.380. The number of hydrogen-bond acceptors (Lipinski definition) is 1. The molecule has 0 radical (unpaired) electrons. The van der Waals surface area contributed by atoms with Gasteiger partial charge in [-0.2, -0.15) is 0 Å². The van der Waals surface area contributed by atoms with Gasteiger partial charge in [0.05, 0.1) is 0 Å². The first kappa shape index (κ1) is 8.87. The molecule has 0 aliphatic rings. The van der Waals surface area contributed by atoms with E-state index in [1.165, 1.54) is 0 Å². The first-order valence-electron chi connectivity index (χ1n) is 0.348. The molecule has 4 heteroatoms. The van der Waals surface area contributed by atoms with Crippen LogP contribution in [0, 0.1) is 0 Å². The van der Waals surface area contributed by atoms with Crippen molar-refractivity contribution in [2.75, 3.05) is 0 Å². The van der Waals surface area contributed by atoms with Crippen LogP contribution in [0.1, 0.15) is 0 Å². The molecule has 0 saturated carbocycles. The Morgan fingerprint density at radius 1 is 1.75 bits per heavy atom. The second-order valence-corrected chi connectivity index (χ2v) is 0.344. The summed E-state index contributed by atoms with van der Waals surface area (Å²) < 4.78 is 13.0. The second-order valence-electron chi connectivity index (χ2n) is 0.0833. The molecule has 0 aromatic heterocycles. The molecule has 0 aromatic carbocycles. The van der Waals surface area contributed by atoms with E-state index in [0.717, 1.165) is 0 Å². The molecule has 0 unspecified atom stereocenters. The van der Waals surface area contributed by atoms with E-state index in [2.05, 4.69) is 4.75 Å². The van der Waals surface area contributed by atoms with Crippen molar-refractivity contribution in [2.24, 2.45) is 4.75 Å². The normalized spacial score (nSPS) is 4.25. The summed E-state index contributed by atoms with van der Waals surface area (Å²) in [5, 5.41) is 0. The molecule has 0 bridgehead atoms. The van der Waals surface area contributed by atoms with Crippen molar-refractivity contribution in [3.8, 4) is 0 Å². The third kappa shape index (κ3) is 60.0. The van der Waals surface area contributed by atoms with Gasteiger partial charge in [0.1, 0.15) is 0 Å². The number of rotatable bonds is 0. The Bertz CT molecular complexity index is 13.5. The van der Waals surface area contributed by atoms with Crippen molar-refractivity contribution < 1.29 is 24.4 Å². The molecule has 0 aromatic rings. The third-order valence-electron chi connectivity index (χ3n) is 0. The summed E-state index contributed by atoms with van der Waals surface area (Å²) in [5.41, 5.74) is 0. The van der Waals surface area contributed by atoms with Crippen LogP contribution in [0.2, 0.25) is 0 Å². The van der Waals surface area contributed by atoms with Crippen LogP contribution >= 0.6 is 0 Å². The predicted octanol–water partition coefficient (Wildman–Crippen LogP) is -1.54. The van der Waals surface area contributed by atoms with Crippen LogP contribution in [0.3, 0.4) is 0 Å². The fourth-order valence-electron chi connectivity index (χ4n) is 0. The van der Waals surface area contributed by atoms with Gasteiger partial charge in [0, 0.05) is 0 Å². The van der Waals surface area contributed by atoms with Gasteiger partial charge in [-0.1, -0.05) is 0 Å². The molecular weight excluding hydrogens is 102 g/mol. The summed E-state index contributed by atoms with van der Waals surface area (Å²) in [6, 6.07) is 0. The molecule has 3 nitrogen and oxygen atoms in total. The van der Waals surface area contributed by atoms with Crippen LogP contribution in [-0.4, -0.2) is 5.48 Å². The molecule has 0 rings (SSSR count). The molecule has 0 aliphatic heterocycles. The van der Waals surface area contributed by atoms with Crippen LogP contribution < -0.4 is 4.75 Å². The van der Waals surface area contributed by atoms with Crippen LogP contribution in [0.5, 0.6) is 0 Å². The molecule has 0 heterocycles. The van der Waals surface area contributed by atoms with Gasteiger partial charge in [-0.25, -0.2) is 0 Å². The van der Waals surface area contributed by atoms with Crippen LogP contribution in [-0.2, 0) is 18.9 Å². The summed E-state index contributed by atoms with van der Waals surface area (Å²) in [6.07, 6.45) is 0. The van der Waals surface area contributed by atoms with Crippen molar-refractivity contribution in [3.05, 3.63) is 0 Å². The molecule has 4 heavy (non-hydrogen) atoms. The maximum atomic E-state index is 8.71. The molecule has 0 amide bonds. The van der Waals surface area contributed by atoms with E-state index >= 15 is 0 Å². The maximum absolute atomic E-state index is 8.71. The van der Waals surface area contributed by atoms with E-state index in [1.54, 1.807) is 0 Å². The van der Waals surface area contributed by atoms with E-state index in [0.29, 0.717) is 0 Å². The Kier molecular flexibility index (Phi) is 23.5. The van der Waals surface area contributed by atoms with Gasteiger partial charge >= 0.3 is 23.7 Å². The van der Waals surface area contributed by atoms with Crippen molar-refractivity contribution >= 4 is 0 Å². The Hall–Kier alpha value is 0.239. The SMILES string of the molecule is O.[NH2][Fe]=[O]. The second kappa shape index (κ2) is 10.6. The topological polar surface area (TPSA) is 74.6 Å². The zero-order valence-electron chi connectivity index (χ0n) is 1.84. The summed E-state index contributed by atoms with van der Waals surface area (Å²) in [7, 11) is 0. The zero-order valence-corrected chi connectivity index (χ0v) is 2.94. The summed E-state index contributed by atoms with van der Waals surface area (Å²) in [6.45, 7) is 0. The van der Waals surface area contributed by atoms with Gasteiger partial charge in [0.2, 0.25) is 0 Å². The fourth-order valence-corrected chi connectivity index (χ4v) is 0. The van der Waals surface area contributed by atoms with E-state index in [4.69, 9.17) is 3.83 Å². The van der Waals surface area contributed by atoms with Gasteiger partial charge in [0.15, 0.2) is 0 Å². The monoisotopic (exact) mass is 106 g/mol. The standard InChI is InChI=1S/Fe.H2N.H2O.O/h;2*1H2;/q+1;-1;;. The first-order valence-corrected chi connectivity index (χ1v) is 1.44. The minimum absolute atomic E-state index is 0. The number of nitrogens with two attached hydrogens (primary N) is 1. The number of hydrogen-bond donors (Lipinski definition) is 1. The van der Waals surface area contributed by atoms with Crippen LogP contribution in [0.4, 0.5) is 0 Å². The fraction of sp³-hybridized carbons (Fsp3) is 0. The average Bonchev–Trinajstić information content (AvgIpc) is 0.918. The molecule has 0 saturated heterocycles. The van der Waals surface area contributed by atoms with Crippen molar-refractivity contribution in [2.45, 2.75) is 0 Å². The van der Waals surface area contributed by atoms with Gasteiger partial charge in [0.25, 0.3) is 0 Å². The van der Waals surface area contributed by atoms with E-state index in [-0.39, 0.29) is 5.48 Å². The average molecular weight is 106 g/mol. The zero-order chi connectivity index (χ0) is 2.71. The van der Waals surface area contributed by atoms with E-state index in [1.807, 2.05) is 0 Å². The van der Waals surface area contributed by atoms with Crippen molar-refractivity contribution in [1.82, 2.24) is 0 Å². The van der Waals surface area contributed by atoms with Crippen molar-refractivity contribution in [3.63, 3.8) is 0 Å². The van der Waals surface area contributed by atoms with Crippen molar-refractivity contribution in [1.29, 1.82) is 0 Å². The van der Waals surface area contributed by atoms with Gasteiger partial charge < -0.3 is 5.48 Å². The molecule has 29 valence electrons. The first-order chi connectivity index (χ1) is 1.41. The molecule has 0 aliphatic carbocycles. The van der Waals surface area contributed by atoms with Crippen LogP contribution in [0.25, 0.3) is 0 Å². The van der Waals surface area contributed by atoms with E-state index < -0.39 is 15.1 Å². The molecular formula is H4FeNO2. The third-order valence-corrected chi connectivity index (χ3v) is 0. The minimum atomic E-state index is -0.500. The Morgan fingerprint density at radius 3 is 1.75 bits per heavy atom. The Labute approximate surface area is 30.1 Å². The molecule has 4 N–H and O–H groups in total. The Morgan fingerprint density at radius 2 is 1.75 bits per heavy atom. The van der Waals surface area contributed by atoms with Gasteiger partial charge in [-0.3, -0.25) is 0 Å². The summed E-state index contributed by atoms with van der Waals surface area (Å²) in [4.78, 5) is 0. The summed E-state index contributed by atoms with van der Waals surface area (Å²) >= 11 is -0.500. The van der Waals surface area contributed by atoms with Crippen LogP contribution in [0.15, 0.2) is 0 Å². The van der Waals surface area contributed by atoms with Gasteiger partial charge in [-0.05, 0) is 0 Å². The summed E-state index contributed by atoms with van der Waals surface area (Å²) in [5.74, 6) is 0. The Balaban J connectivity index is 0. The van der Waals surface area contributed by atoms with Gasteiger partial charge in [-0.15, -0.1) is 0 Å². The molecule has 0 fully saturated rings. The molecule has 0 atom stereocenters. The predicted molar refractivity (Wildman–Crippen MR) is 8.49 cm³/mol. The van der Waals surface area contributed by atoms with E-state index in [9.17, 15) is 0 Å².